The average molecular weight is 375 g/mol. The summed E-state index contributed by atoms with van der Waals surface area (Å²) in [4.78, 5) is 0. The van der Waals surface area contributed by atoms with E-state index in [1.807, 2.05) is 0 Å². The fourth-order valence-electron chi connectivity index (χ4n) is 5.93. The van der Waals surface area contributed by atoms with Crippen LogP contribution in [0.5, 0.6) is 0 Å². The third-order valence-corrected chi connectivity index (χ3v) is 7.68. The van der Waals surface area contributed by atoms with Crippen LogP contribution in [-0.4, -0.2) is 18.9 Å². The fourth-order valence-corrected chi connectivity index (χ4v) is 5.93. The van der Waals surface area contributed by atoms with E-state index in [9.17, 15) is 13.2 Å². The van der Waals surface area contributed by atoms with E-state index in [4.69, 9.17) is 4.74 Å². The van der Waals surface area contributed by atoms with E-state index in [0.29, 0.717) is 24.9 Å². The van der Waals surface area contributed by atoms with Gasteiger partial charge >= 0.3 is 6.18 Å². The summed E-state index contributed by atoms with van der Waals surface area (Å²) in [5.41, 5.74) is 0. The highest BCUT2D eigenvalue weighted by molar-refractivity contribution is 4.86. The molecule has 3 rings (SSSR count). The van der Waals surface area contributed by atoms with Gasteiger partial charge in [0.05, 0.1) is 6.61 Å². The van der Waals surface area contributed by atoms with Crippen LogP contribution in [0.25, 0.3) is 0 Å². The van der Waals surface area contributed by atoms with Crippen molar-refractivity contribution in [2.24, 2.45) is 29.6 Å². The summed E-state index contributed by atoms with van der Waals surface area (Å²) in [6.07, 6.45) is 10.0. The van der Waals surface area contributed by atoms with Gasteiger partial charge in [-0.25, -0.2) is 0 Å². The van der Waals surface area contributed by atoms with Gasteiger partial charge in [0.25, 0.3) is 0 Å². The molecule has 4 heteroatoms. The van der Waals surface area contributed by atoms with E-state index in [0.717, 1.165) is 17.8 Å². The van der Waals surface area contributed by atoms with Crippen molar-refractivity contribution in [3.05, 3.63) is 0 Å². The average Bonchev–Trinajstić information content (AvgIpc) is 2.66. The number of unbranched alkanes of at least 4 members (excludes halogenated alkanes) is 1. The van der Waals surface area contributed by atoms with Crippen LogP contribution in [0.1, 0.15) is 90.4 Å². The number of hydrogen-bond acceptors (Lipinski definition) is 1. The first-order chi connectivity index (χ1) is 12.5. The molecule has 2 aliphatic carbocycles. The molecule has 1 heterocycles. The minimum absolute atomic E-state index is 0.163. The molecule has 3 fully saturated rings. The predicted molar refractivity (Wildman–Crippen MR) is 98.9 cm³/mol. The molecule has 0 N–H and O–H groups in total. The van der Waals surface area contributed by atoms with E-state index in [-0.39, 0.29) is 6.42 Å². The van der Waals surface area contributed by atoms with Crippen LogP contribution < -0.4 is 0 Å². The summed E-state index contributed by atoms with van der Waals surface area (Å²) < 4.78 is 43.4. The van der Waals surface area contributed by atoms with Crippen LogP contribution in [0.4, 0.5) is 13.2 Å². The number of halogens is 3. The predicted octanol–water partition coefficient (Wildman–Crippen LogP) is 7.15. The van der Waals surface area contributed by atoms with Crippen molar-refractivity contribution >= 4 is 0 Å². The van der Waals surface area contributed by atoms with Crippen LogP contribution in [0, 0.1) is 29.6 Å². The number of ether oxygens (including phenoxy) is 1. The van der Waals surface area contributed by atoms with Crippen molar-refractivity contribution < 1.29 is 17.9 Å². The van der Waals surface area contributed by atoms with Crippen molar-refractivity contribution in [2.45, 2.75) is 103 Å². The van der Waals surface area contributed by atoms with Gasteiger partial charge in [-0.2, -0.15) is 13.2 Å². The Balaban J connectivity index is 1.36. The third kappa shape index (κ3) is 5.39. The zero-order valence-electron chi connectivity index (χ0n) is 16.4. The molecule has 0 bridgehead atoms. The maximum Gasteiger partial charge on any atom is 0.414 e. The van der Waals surface area contributed by atoms with Crippen LogP contribution in [0.3, 0.4) is 0 Å². The molecule has 2 atom stereocenters. The molecule has 1 aliphatic heterocycles. The molecular formula is C22H37F3O. The van der Waals surface area contributed by atoms with E-state index >= 15 is 0 Å². The standard InChI is InChI=1S/C22H37F3O/c1-2-3-4-16-5-7-17(8-6-16)18-9-11-19(12-10-18)20-13-14-21(26-15-20)22(23,24)25/h16-21H,2-15H2,1H3. The molecule has 152 valence electrons. The minimum atomic E-state index is -4.18. The van der Waals surface area contributed by atoms with Gasteiger partial charge in [0.1, 0.15) is 0 Å². The van der Waals surface area contributed by atoms with Gasteiger partial charge < -0.3 is 4.74 Å². The highest BCUT2D eigenvalue weighted by Gasteiger charge is 2.44. The van der Waals surface area contributed by atoms with Crippen LogP contribution >= 0.6 is 0 Å². The zero-order valence-corrected chi connectivity index (χ0v) is 16.4. The maximum absolute atomic E-state index is 12.7. The Morgan fingerprint density at radius 3 is 1.69 bits per heavy atom. The highest BCUT2D eigenvalue weighted by Crippen LogP contribution is 2.45. The molecule has 1 nitrogen and oxygen atoms in total. The lowest BCUT2D eigenvalue weighted by molar-refractivity contribution is -0.238. The molecule has 0 amide bonds. The molecule has 2 saturated carbocycles. The second kappa shape index (κ2) is 9.30. The van der Waals surface area contributed by atoms with Crippen molar-refractivity contribution in [2.75, 3.05) is 6.61 Å². The normalized spacial score (nSPS) is 39.7. The molecular weight excluding hydrogens is 337 g/mol. The Bertz CT molecular complexity index is 398. The van der Waals surface area contributed by atoms with E-state index < -0.39 is 12.3 Å². The Morgan fingerprint density at radius 2 is 1.23 bits per heavy atom. The molecule has 2 unspecified atom stereocenters. The Hall–Kier alpha value is -0.250. The van der Waals surface area contributed by atoms with Crippen molar-refractivity contribution in [3.8, 4) is 0 Å². The topological polar surface area (TPSA) is 9.23 Å². The van der Waals surface area contributed by atoms with Gasteiger partial charge in [-0.3, -0.25) is 0 Å². The van der Waals surface area contributed by atoms with Crippen molar-refractivity contribution in [1.29, 1.82) is 0 Å². The quantitative estimate of drug-likeness (QED) is 0.496. The van der Waals surface area contributed by atoms with Gasteiger partial charge in [-0.05, 0) is 81.0 Å². The highest BCUT2D eigenvalue weighted by atomic mass is 19.4. The fraction of sp³-hybridized carbons (Fsp3) is 1.00. The molecule has 26 heavy (non-hydrogen) atoms. The van der Waals surface area contributed by atoms with Gasteiger partial charge in [0, 0.05) is 0 Å². The summed E-state index contributed by atoms with van der Waals surface area (Å²) in [5.74, 6) is 3.74. The lowest BCUT2D eigenvalue weighted by atomic mass is 9.66. The summed E-state index contributed by atoms with van der Waals surface area (Å²) in [6.45, 7) is 2.60. The van der Waals surface area contributed by atoms with Gasteiger partial charge in [-0.1, -0.05) is 39.0 Å². The van der Waals surface area contributed by atoms with Gasteiger partial charge in [0.2, 0.25) is 0 Å². The SMILES string of the molecule is CCCCC1CCC(C2CCC(C3CCC(C(F)(F)F)OC3)CC2)CC1. The van der Waals surface area contributed by atoms with Crippen molar-refractivity contribution in [3.63, 3.8) is 0 Å². The second-order valence-electron chi connectivity index (χ2n) is 9.30. The summed E-state index contributed by atoms with van der Waals surface area (Å²) in [5, 5.41) is 0. The molecule has 3 aliphatic rings. The third-order valence-electron chi connectivity index (χ3n) is 7.68. The molecule has 1 saturated heterocycles. The Labute approximate surface area is 157 Å². The Morgan fingerprint density at radius 1 is 0.731 bits per heavy atom. The van der Waals surface area contributed by atoms with Gasteiger partial charge in [0.15, 0.2) is 6.10 Å². The number of alkyl halides is 3. The summed E-state index contributed by atoms with van der Waals surface area (Å²) in [6, 6.07) is 0. The molecule has 0 aromatic heterocycles. The smallest absolute Gasteiger partial charge is 0.368 e. The number of hydrogen-bond donors (Lipinski definition) is 0. The van der Waals surface area contributed by atoms with Crippen LogP contribution in [0.2, 0.25) is 0 Å². The molecule has 0 aromatic rings. The van der Waals surface area contributed by atoms with Gasteiger partial charge in [-0.15, -0.1) is 0 Å². The largest absolute Gasteiger partial charge is 0.414 e. The number of rotatable bonds is 5. The van der Waals surface area contributed by atoms with E-state index in [1.165, 1.54) is 70.6 Å². The molecule has 0 radical (unpaired) electrons. The summed E-state index contributed by atoms with van der Waals surface area (Å²) >= 11 is 0. The monoisotopic (exact) mass is 374 g/mol. The van der Waals surface area contributed by atoms with E-state index in [2.05, 4.69) is 6.92 Å². The zero-order chi connectivity index (χ0) is 18.6. The summed E-state index contributed by atoms with van der Waals surface area (Å²) in [7, 11) is 0. The maximum atomic E-state index is 12.7. The second-order valence-corrected chi connectivity index (χ2v) is 9.30. The van der Waals surface area contributed by atoms with Crippen LogP contribution in [-0.2, 0) is 4.74 Å². The van der Waals surface area contributed by atoms with Crippen LogP contribution in [0.15, 0.2) is 0 Å². The Kier molecular flexibility index (Phi) is 7.32. The molecule has 0 aromatic carbocycles. The van der Waals surface area contributed by atoms with Crippen molar-refractivity contribution in [1.82, 2.24) is 0 Å². The lowest BCUT2D eigenvalue weighted by Crippen LogP contribution is -2.40. The lowest BCUT2D eigenvalue weighted by Gasteiger charge is -2.41. The first-order valence-corrected chi connectivity index (χ1v) is 11.2. The molecule has 0 spiro atoms. The first-order valence-electron chi connectivity index (χ1n) is 11.2. The first kappa shape index (κ1) is 20.5. The van der Waals surface area contributed by atoms with E-state index in [1.54, 1.807) is 0 Å². The minimum Gasteiger partial charge on any atom is -0.368 e.